The van der Waals surface area contributed by atoms with Gasteiger partial charge in [0.25, 0.3) is 0 Å². The van der Waals surface area contributed by atoms with E-state index in [-0.39, 0.29) is 0 Å². The Bertz CT molecular complexity index is 224. The van der Waals surface area contributed by atoms with Crippen molar-refractivity contribution >= 4 is 24.9 Å². The Balaban J connectivity index is 3.17. The second kappa shape index (κ2) is 2.40. The second-order valence-electron chi connectivity index (χ2n) is 1.88. The van der Waals surface area contributed by atoms with Crippen LogP contribution in [0.25, 0.3) is 0 Å². The topological polar surface area (TPSA) is 12.9 Å². The Morgan fingerprint density at radius 3 is 2.78 bits per heavy atom. The van der Waals surface area contributed by atoms with Crippen molar-refractivity contribution in [2.24, 2.45) is 0 Å². The lowest BCUT2D eigenvalue weighted by molar-refractivity contribution is 1.29. The minimum absolute atomic E-state index is 0.518. The maximum absolute atomic E-state index is 5.61. The van der Waals surface area contributed by atoms with Crippen molar-refractivity contribution in [2.75, 3.05) is 0 Å². The van der Waals surface area contributed by atoms with Gasteiger partial charge in [0.05, 0.1) is 0 Å². The number of pyridine rings is 1. The average molecular weight is 137 g/mol. The molecule has 0 saturated carbocycles. The highest BCUT2D eigenvalue weighted by Gasteiger charge is 1.92. The van der Waals surface area contributed by atoms with Crippen molar-refractivity contribution in [3.63, 3.8) is 0 Å². The lowest BCUT2D eigenvalue weighted by Crippen LogP contribution is -2.03. The highest BCUT2D eigenvalue weighted by molar-refractivity contribution is 6.33. The lowest BCUT2D eigenvalue weighted by Gasteiger charge is -1.95. The van der Waals surface area contributed by atoms with Crippen molar-refractivity contribution in [1.82, 2.24) is 4.98 Å². The zero-order valence-electron chi connectivity index (χ0n) is 5.06. The standard InChI is InChI=1S/C6H5BClN/c1-4-2-5(7)3-9-6(4)8/h2-3H,1H3. The fraction of sp³-hybridized carbons (Fsp3) is 0.167. The summed E-state index contributed by atoms with van der Waals surface area (Å²) in [5.74, 6) is 0. The molecule has 9 heavy (non-hydrogen) atoms. The Morgan fingerprint density at radius 2 is 2.33 bits per heavy atom. The van der Waals surface area contributed by atoms with Gasteiger partial charge in [0.15, 0.2) is 0 Å². The van der Waals surface area contributed by atoms with Gasteiger partial charge in [-0.25, -0.2) is 4.98 Å². The molecule has 1 nitrogen and oxygen atoms in total. The molecule has 0 aliphatic carbocycles. The van der Waals surface area contributed by atoms with Crippen LogP contribution in [0.4, 0.5) is 0 Å². The van der Waals surface area contributed by atoms with Gasteiger partial charge in [-0.05, 0) is 12.5 Å². The van der Waals surface area contributed by atoms with Crippen LogP contribution in [-0.4, -0.2) is 12.8 Å². The van der Waals surface area contributed by atoms with Gasteiger partial charge in [-0.1, -0.05) is 23.1 Å². The van der Waals surface area contributed by atoms with E-state index in [4.69, 9.17) is 19.4 Å². The van der Waals surface area contributed by atoms with E-state index in [0.29, 0.717) is 10.6 Å². The van der Waals surface area contributed by atoms with Crippen molar-refractivity contribution in [1.29, 1.82) is 0 Å². The SMILES string of the molecule is [B]c1cnc(Cl)c(C)c1. The smallest absolute Gasteiger partial charge is 0.131 e. The molecular weight excluding hydrogens is 132 g/mol. The zero-order chi connectivity index (χ0) is 6.85. The molecule has 0 bridgehead atoms. The average Bonchev–Trinajstić information content (AvgIpc) is 1.80. The summed E-state index contributed by atoms with van der Waals surface area (Å²) in [6, 6.07) is 1.79. The van der Waals surface area contributed by atoms with Gasteiger partial charge in [-0.3, -0.25) is 0 Å². The molecular formula is C6H5BClN. The molecule has 0 fully saturated rings. The molecule has 44 valence electrons. The highest BCUT2D eigenvalue weighted by Crippen LogP contribution is 2.06. The Hall–Kier alpha value is -0.495. The van der Waals surface area contributed by atoms with E-state index < -0.39 is 0 Å². The molecule has 0 N–H and O–H groups in total. The minimum atomic E-state index is 0.518. The van der Waals surface area contributed by atoms with E-state index in [2.05, 4.69) is 4.98 Å². The largest absolute Gasteiger partial charge is 0.245 e. The highest BCUT2D eigenvalue weighted by atomic mass is 35.5. The van der Waals surface area contributed by atoms with Crippen LogP contribution in [0.5, 0.6) is 0 Å². The predicted octanol–water partition coefficient (Wildman–Crippen LogP) is 0.837. The summed E-state index contributed by atoms with van der Waals surface area (Å²) in [6.45, 7) is 1.87. The van der Waals surface area contributed by atoms with Crippen molar-refractivity contribution in [3.8, 4) is 0 Å². The molecule has 0 aliphatic rings. The summed E-state index contributed by atoms with van der Waals surface area (Å²) in [5, 5.41) is 0.518. The zero-order valence-corrected chi connectivity index (χ0v) is 5.81. The van der Waals surface area contributed by atoms with Crippen LogP contribution in [0.3, 0.4) is 0 Å². The number of hydrogen-bond donors (Lipinski definition) is 0. The van der Waals surface area contributed by atoms with Gasteiger partial charge in [-0.2, -0.15) is 0 Å². The number of nitrogens with zero attached hydrogens (tertiary/aromatic N) is 1. The Morgan fingerprint density at radius 1 is 1.67 bits per heavy atom. The predicted molar refractivity (Wildman–Crippen MR) is 39.4 cm³/mol. The quantitative estimate of drug-likeness (QED) is 0.381. The molecule has 2 radical (unpaired) electrons. The number of hydrogen-bond acceptors (Lipinski definition) is 1. The van der Waals surface area contributed by atoms with Gasteiger partial charge in [0, 0.05) is 6.20 Å². The number of rotatable bonds is 0. The molecule has 0 atom stereocenters. The van der Waals surface area contributed by atoms with Crippen LogP contribution < -0.4 is 5.46 Å². The summed E-state index contributed by atoms with van der Waals surface area (Å²) in [6.07, 6.45) is 1.54. The molecule has 1 aromatic heterocycles. The fourth-order valence-corrected chi connectivity index (χ4v) is 0.683. The van der Waals surface area contributed by atoms with Crippen molar-refractivity contribution < 1.29 is 0 Å². The van der Waals surface area contributed by atoms with Crippen LogP contribution in [0.2, 0.25) is 5.15 Å². The normalized spacial score (nSPS) is 9.56. The van der Waals surface area contributed by atoms with E-state index >= 15 is 0 Å². The third-order valence-electron chi connectivity index (χ3n) is 1.04. The third-order valence-corrected chi connectivity index (χ3v) is 1.43. The first-order valence-corrected chi connectivity index (χ1v) is 2.95. The molecule has 0 saturated heterocycles. The van der Waals surface area contributed by atoms with Crippen LogP contribution in [0.1, 0.15) is 5.56 Å². The molecule has 1 rings (SSSR count). The van der Waals surface area contributed by atoms with Crippen molar-refractivity contribution in [2.45, 2.75) is 6.92 Å². The first-order chi connectivity index (χ1) is 4.20. The molecule has 3 heteroatoms. The fourth-order valence-electron chi connectivity index (χ4n) is 0.580. The van der Waals surface area contributed by atoms with E-state index in [1.54, 1.807) is 6.07 Å². The Labute approximate surface area is 60.5 Å². The molecule has 0 aliphatic heterocycles. The van der Waals surface area contributed by atoms with Crippen LogP contribution >= 0.6 is 11.6 Å². The first-order valence-electron chi connectivity index (χ1n) is 2.58. The first kappa shape index (κ1) is 6.62. The van der Waals surface area contributed by atoms with Gasteiger partial charge in [0.1, 0.15) is 13.0 Å². The van der Waals surface area contributed by atoms with E-state index in [1.807, 2.05) is 6.92 Å². The monoisotopic (exact) mass is 137 g/mol. The van der Waals surface area contributed by atoms with Crippen molar-refractivity contribution in [3.05, 3.63) is 23.0 Å². The van der Waals surface area contributed by atoms with Gasteiger partial charge < -0.3 is 0 Å². The van der Waals surface area contributed by atoms with Crippen LogP contribution in [0.15, 0.2) is 12.3 Å². The van der Waals surface area contributed by atoms with E-state index in [0.717, 1.165) is 5.56 Å². The maximum atomic E-state index is 5.61. The lowest BCUT2D eigenvalue weighted by atomic mass is 9.98. The van der Waals surface area contributed by atoms with Gasteiger partial charge in [0.2, 0.25) is 0 Å². The molecule has 0 amide bonds. The third kappa shape index (κ3) is 1.45. The summed E-state index contributed by atoms with van der Waals surface area (Å²) in [7, 11) is 5.41. The molecule has 0 spiro atoms. The molecule has 0 unspecified atom stereocenters. The molecule has 1 heterocycles. The maximum Gasteiger partial charge on any atom is 0.131 e. The number of aromatic nitrogens is 1. The van der Waals surface area contributed by atoms with Gasteiger partial charge in [-0.15, -0.1) is 0 Å². The number of halogens is 1. The second-order valence-corrected chi connectivity index (χ2v) is 2.23. The molecule has 0 aromatic carbocycles. The Kier molecular flexibility index (Phi) is 1.77. The number of aryl methyl sites for hydroxylation is 1. The summed E-state index contributed by atoms with van der Waals surface area (Å²) >= 11 is 5.61. The minimum Gasteiger partial charge on any atom is -0.245 e. The summed E-state index contributed by atoms with van der Waals surface area (Å²) in [5.41, 5.74) is 1.56. The molecule has 1 aromatic rings. The summed E-state index contributed by atoms with van der Waals surface area (Å²) < 4.78 is 0. The van der Waals surface area contributed by atoms with E-state index in [9.17, 15) is 0 Å². The van der Waals surface area contributed by atoms with Crippen LogP contribution in [-0.2, 0) is 0 Å². The summed E-state index contributed by atoms with van der Waals surface area (Å²) in [4.78, 5) is 3.82. The van der Waals surface area contributed by atoms with E-state index in [1.165, 1.54) is 6.20 Å². The van der Waals surface area contributed by atoms with Crippen LogP contribution in [0, 0.1) is 6.92 Å². The van der Waals surface area contributed by atoms with Gasteiger partial charge >= 0.3 is 0 Å².